The summed E-state index contributed by atoms with van der Waals surface area (Å²) < 4.78 is 0. The topological polar surface area (TPSA) is 82.6 Å². The maximum atomic E-state index is 6.76. The number of anilines is 1. The molecule has 31 heavy (non-hydrogen) atoms. The number of nitrogens with one attached hydrogen (secondary N) is 2. The molecule has 2 saturated heterocycles. The van der Waals surface area contributed by atoms with Crippen LogP contribution in [0.15, 0.2) is 40.6 Å². The number of aryl methyl sites for hydroxylation is 1. The highest BCUT2D eigenvalue weighted by atomic mass is 35.5. The third kappa shape index (κ3) is 3.33. The largest absolute Gasteiger partial charge is 0.354 e. The fourth-order valence-electron chi connectivity index (χ4n) is 4.49. The van der Waals surface area contributed by atoms with E-state index in [2.05, 4.69) is 32.1 Å². The quantitative estimate of drug-likeness (QED) is 0.452. The van der Waals surface area contributed by atoms with Gasteiger partial charge in [0.1, 0.15) is 11.5 Å². The lowest BCUT2D eigenvalue weighted by atomic mass is 9.85. The average molecular weight is 452 g/mol. The van der Waals surface area contributed by atoms with E-state index in [0.29, 0.717) is 11.2 Å². The second kappa shape index (κ2) is 7.62. The molecule has 2 fully saturated rings. The lowest BCUT2D eigenvalue weighted by molar-refractivity contribution is 0.196. The number of aromatic nitrogens is 5. The van der Waals surface area contributed by atoms with Gasteiger partial charge in [0.25, 0.3) is 0 Å². The van der Waals surface area contributed by atoms with E-state index in [9.17, 15) is 0 Å². The molecular weight excluding hydrogens is 430 g/mol. The molecule has 2 N–H and O–H groups in total. The van der Waals surface area contributed by atoms with Gasteiger partial charge in [0, 0.05) is 42.1 Å². The molecule has 2 aliphatic heterocycles. The number of nitrogens with zero attached hydrogens (tertiary/aromatic N) is 5. The zero-order valence-electron chi connectivity index (χ0n) is 17.1. The van der Waals surface area contributed by atoms with Gasteiger partial charge in [0.05, 0.1) is 21.4 Å². The van der Waals surface area contributed by atoms with Crippen LogP contribution in [-0.2, 0) is 6.42 Å². The summed E-state index contributed by atoms with van der Waals surface area (Å²) in [5.41, 5.74) is 3.54. The van der Waals surface area contributed by atoms with Crippen LogP contribution in [0.4, 0.5) is 5.82 Å². The summed E-state index contributed by atoms with van der Waals surface area (Å²) in [5, 5.41) is 5.91. The summed E-state index contributed by atoms with van der Waals surface area (Å²) >= 11 is 8.26. The normalized spacial score (nSPS) is 20.8. The number of piperidine rings is 1. The van der Waals surface area contributed by atoms with Crippen molar-refractivity contribution in [1.82, 2.24) is 30.2 Å². The first kappa shape index (κ1) is 19.3. The SMILES string of the molecule is CCc1[nH]c2nc(Sc3cnc4cccnc4c3)nc(N3CCC4CNC4C3)c2c1Cl. The molecule has 0 saturated carbocycles. The predicted molar refractivity (Wildman–Crippen MR) is 124 cm³/mol. The standard InChI is InChI=1S/C22H22ClN7S/c1-2-14-19(23)18-20(27-14)28-22(29-21(18)30-7-5-12-9-25-17(12)11-30)31-13-8-16-15(26-10-13)4-3-6-24-16/h3-4,6,8,10,12,17,25H,2,5,7,9,11H2,1H3,(H,27,28,29). The maximum absolute atomic E-state index is 6.76. The van der Waals surface area contributed by atoms with E-state index < -0.39 is 0 Å². The summed E-state index contributed by atoms with van der Waals surface area (Å²) in [7, 11) is 0. The van der Waals surface area contributed by atoms with Gasteiger partial charge in [-0.1, -0.05) is 18.5 Å². The molecule has 2 unspecified atom stereocenters. The van der Waals surface area contributed by atoms with Crippen molar-refractivity contribution in [2.45, 2.75) is 35.9 Å². The highest BCUT2D eigenvalue weighted by molar-refractivity contribution is 7.99. The molecule has 0 amide bonds. The van der Waals surface area contributed by atoms with Crippen molar-refractivity contribution >= 4 is 51.2 Å². The average Bonchev–Trinajstić information content (AvgIpc) is 3.09. The van der Waals surface area contributed by atoms with Crippen LogP contribution in [0, 0.1) is 5.92 Å². The number of rotatable bonds is 4. The molecule has 2 atom stereocenters. The van der Waals surface area contributed by atoms with Crippen LogP contribution < -0.4 is 10.2 Å². The number of hydrogen-bond donors (Lipinski definition) is 2. The Bertz CT molecular complexity index is 1290. The number of aromatic amines is 1. The van der Waals surface area contributed by atoms with E-state index in [1.807, 2.05) is 24.4 Å². The highest BCUT2D eigenvalue weighted by Crippen LogP contribution is 2.38. The lowest BCUT2D eigenvalue weighted by Crippen LogP contribution is -2.62. The van der Waals surface area contributed by atoms with Gasteiger partial charge in [-0.05, 0) is 55.3 Å². The molecule has 7 nitrogen and oxygen atoms in total. The Morgan fingerprint density at radius 3 is 3.00 bits per heavy atom. The fourth-order valence-corrected chi connectivity index (χ4v) is 5.61. The molecule has 6 rings (SSSR count). The van der Waals surface area contributed by atoms with Crippen molar-refractivity contribution in [3.05, 3.63) is 41.3 Å². The summed E-state index contributed by atoms with van der Waals surface area (Å²) in [6.07, 6.45) is 5.63. The van der Waals surface area contributed by atoms with Crippen LogP contribution in [0.1, 0.15) is 19.0 Å². The first-order valence-electron chi connectivity index (χ1n) is 10.6. The lowest BCUT2D eigenvalue weighted by Gasteiger charge is -2.46. The Hall–Kier alpha value is -2.42. The summed E-state index contributed by atoms with van der Waals surface area (Å²) in [4.78, 5) is 25.5. The third-order valence-corrected chi connectivity index (χ3v) is 7.55. The molecule has 9 heteroatoms. The molecule has 6 heterocycles. The van der Waals surface area contributed by atoms with E-state index in [-0.39, 0.29) is 0 Å². The minimum atomic E-state index is 0.536. The van der Waals surface area contributed by atoms with Gasteiger partial charge in [-0.3, -0.25) is 9.97 Å². The number of pyridine rings is 2. The van der Waals surface area contributed by atoms with E-state index in [1.54, 1.807) is 6.20 Å². The summed E-state index contributed by atoms with van der Waals surface area (Å²) in [6.45, 7) is 5.17. The molecule has 0 spiro atoms. The van der Waals surface area contributed by atoms with Crippen LogP contribution in [0.25, 0.3) is 22.1 Å². The first-order valence-corrected chi connectivity index (χ1v) is 11.8. The first-order chi connectivity index (χ1) is 15.2. The smallest absolute Gasteiger partial charge is 0.196 e. The molecule has 0 radical (unpaired) electrons. The predicted octanol–water partition coefficient (Wildman–Crippen LogP) is 4.07. The number of hydrogen-bond acceptors (Lipinski definition) is 7. The highest BCUT2D eigenvalue weighted by Gasteiger charge is 2.37. The number of H-pyrrole nitrogens is 1. The molecule has 4 aromatic rings. The van der Waals surface area contributed by atoms with Gasteiger partial charge < -0.3 is 15.2 Å². The fraction of sp³-hybridized carbons (Fsp3) is 0.364. The Balaban J connectivity index is 1.42. The minimum Gasteiger partial charge on any atom is -0.354 e. The van der Waals surface area contributed by atoms with Gasteiger partial charge in [-0.2, -0.15) is 0 Å². The van der Waals surface area contributed by atoms with Crippen LogP contribution in [0.3, 0.4) is 0 Å². The van der Waals surface area contributed by atoms with Crippen LogP contribution in [0.5, 0.6) is 0 Å². The second-order valence-corrected chi connectivity index (χ2v) is 9.57. The van der Waals surface area contributed by atoms with Crippen molar-refractivity contribution in [2.75, 3.05) is 24.5 Å². The van der Waals surface area contributed by atoms with Gasteiger partial charge in [-0.25, -0.2) is 9.97 Å². The van der Waals surface area contributed by atoms with Gasteiger partial charge in [-0.15, -0.1) is 0 Å². The summed E-state index contributed by atoms with van der Waals surface area (Å²) in [5.74, 6) is 1.71. The van der Waals surface area contributed by atoms with Crippen LogP contribution in [-0.4, -0.2) is 50.6 Å². The monoisotopic (exact) mass is 451 g/mol. The van der Waals surface area contributed by atoms with Crippen molar-refractivity contribution in [3.63, 3.8) is 0 Å². The number of halogens is 1. The third-order valence-electron chi connectivity index (χ3n) is 6.31. The molecule has 0 aromatic carbocycles. The van der Waals surface area contributed by atoms with Crippen molar-refractivity contribution in [3.8, 4) is 0 Å². The van der Waals surface area contributed by atoms with E-state index in [4.69, 9.17) is 21.6 Å². The van der Waals surface area contributed by atoms with Crippen molar-refractivity contribution in [2.24, 2.45) is 5.92 Å². The van der Waals surface area contributed by atoms with Crippen LogP contribution >= 0.6 is 23.4 Å². The van der Waals surface area contributed by atoms with E-state index >= 15 is 0 Å². The second-order valence-electron chi connectivity index (χ2n) is 8.15. The van der Waals surface area contributed by atoms with Crippen LogP contribution in [0.2, 0.25) is 5.02 Å². The van der Waals surface area contributed by atoms with E-state index in [0.717, 1.165) is 75.5 Å². The van der Waals surface area contributed by atoms with Crippen molar-refractivity contribution < 1.29 is 0 Å². The van der Waals surface area contributed by atoms with Gasteiger partial charge in [0.15, 0.2) is 5.16 Å². The minimum absolute atomic E-state index is 0.536. The molecule has 0 bridgehead atoms. The molecule has 2 aliphatic rings. The van der Waals surface area contributed by atoms with Gasteiger partial charge in [0.2, 0.25) is 0 Å². The van der Waals surface area contributed by atoms with E-state index in [1.165, 1.54) is 18.2 Å². The zero-order chi connectivity index (χ0) is 20.9. The van der Waals surface area contributed by atoms with Gasteiger partial charge >= 0.3 is 0 Å². The zero-order valence-corrected chi connectivity index (χ0v) is 18.7. The molecule has 158 valence electrons. The molecule has 0 aliphatic carbocycles. The Labute approximate surface area is 189 Å². The van der Waals surface area contributed by atoms with Crippen molar-refractivity contribution in [1.29, 1.82) is 0 Å². The maximum Gasteiger partial charge on any atom is 0.196 e. The Morgan fingerprint density at radius 2 is 2.19 bits per heavy atom. The molecular formula is C22H22ClN7S. The summed E-state index contributed by atoms with van der Waals surface area (Å²) in [6, 6.07) is 6.42. The number of fused-ring (bicyclic) bond motifs is 3. The molecule has 4 aromatic heterocycles. The Morgan fingerprint density at radius 1 is 1.26 bits per heavy atom. The Kier molecular flexibility index (Phi) is 4.74.